The Morgan fingerprint density at radius 1 is 1.06 bits per heavy atom. The minimum Gasteiger partial charge on any atom is -0.383 e. The molecule has 8 nitrogen and oxygen atoms in total. The van der Waals surface area contributed by atoms with E-state index in [-0.39, 0.29) is 19.5 Å². The predicted octanol–water partition coefficient (Wildman–Crippen LogP) is 1.42. The molecule has 10 heteroatoms. The average Bonchev–Trinajstić information content (AvgIpc) is 2.77. The van der Waals surface area contributed by atoms with Crippen molar-refractivity contribution in [2.45, 2.75) is 19.0 Å². The molecule has 0 saturated heterocycles. The molecule has 33 heavy (non-hydrogen) atoms. The van der Waals surface area contributed by atoms with Crippen LogP contribution in [0.2, 0.25) is 0 Å². The number of hydrogen-bond donors (Lipinski definition) is 1. The standard InChI is InChI=1S/C23H30FN3O5S/c1-26(33(3,30)31)17-22(28)27(16-19-9-11-20(24)12-10-19)21(23(29)25-13-14-32-2)15-18-7-5-4-6-8-18/h4-12,21H,13-17H2,1-3H3,(H,25,29)/t21-/m1/s1. The predicted molar refractivity (Wildman–Crippen MR) is 123 cm³/mol. The quantitative estimate of drug-likeness (QED) is 0.465. The van der Waals surface area contributed by atoms with Gasteiger partial charge in [0.2, 0.25) is 21.8 Å². The highest BCUT2D eigenvalue weighted by atomic mass is 32.2. The van der Waals surface area contributed by atoms with Crippen LogP contribution in [0, 0.1) is 5.82 Å². The number of carbonyl (C=O) groups excluding carboxylic acids is 2. The fourth-order valence-corrected chi connectivity index (χ4v) is 3.48. The van der Waals surface area contributed by atoms with Crippen molar-refractivity contribution in [3.8, 4) is 0 Å². The third-order valence-electron chi connectivity index (χ3n) is 5.07. The molecule has 2 aromatic carbocycles. The molecule has 2 aromatic rings. The van der Waals surface area contributed by atoms with E-state index in [1.165, 1.54) is 43.3 Å². The van der Waals surface area contributed by atoms with Gasteiger partial charge in [0, 0.05) is 33.7 Å². The molecule has 0 heterocycles. The molecule has 1 atom stereocenters. The Kier molecular flexibility index (Phi) is 9.95. The lowest BCUT2D eigenvalue weighted by atomic mass is 10.0. The number of methoxy groups -OCH3 is 1. The summed E-state index contributed by atoms with van der Waals surface area (Å²) in [6.07, 6.45) is 1.22. The zero-order chi connectivity index (χ0) is 24.4. The van der Waals surface area contributed by atoms with Crippen molar-refractivity contribution in [3.05, 3.63) is 71.5 Å². The van der Waals surface area contributed by atoms with Crippen molar-refractivity contribution >= 4 is 21.8 Å². The van der Waals surface area contributed by atoms with E-state index in [9.17, 15) is 22.4 Å². The lowest BCUT2D eigenvalue weighted by molar-refractivity contribution is -0.141. The van der Waals surface area contributed by atoms with Gasteiger partial charge in [-0.05, 0) is 23.3 Å². The molecule has 0 spiro atoms. The van der Waals surface area contributed by atoms with Crippen molar-refractivity contribution < 1.29 is 27.1 Å². The number of carbonyl (C=O) groups is 2. The van der Waals surface area contributed by atoms with Crippen LogP contribution < -0.4 is 5.32 Å². The number of halogens is 1. The molecule has 2 rings (SSSR count). The highest BCUT2D eigenvalue weighted by molar-refractivity contribution is 7.88. The number of benzene rings is 2. The monoisotopic (exact) mass is 479 g/mol. The minimum absolute atomic E-state index is 0.00587. The summed E-state index contributed by atoms with van der Waals surface area (Å²) < 4.78 is 43.1. The van der Waals surface area contributed by atoms with E-state index in [4.69, 9.17) is 4.74 Å². The normalized spacial score (nSPS) is 12.4. The highest BCUT2D eigenvalue weighted by Gasteiger charge is 2.31. The van der Waals surface area contributed by atoms with Crippen LogP contribution in [-0.4, -0.2) is 75.6 Å². The van der Waals surface area contributed by atoms with Crippen molar-refractivity contribution in [1.82, 2.24) is 14.5 Å². The van der Waals surface area contributed by atoms with E-state index in [0.29, 0.717) is 12.2 Å². The van der Waals surface area contributed by atoms with Crippen LogP contribution >= 0.6 is 0 Å². The molecule has 0 bridgehead atoms. The fraction of sp³-hybridized carbons (Fsp3) is 0.391. The zero-order valence-corrected chi connectivity index (χ0v) is 19.8. The molecule has 0 aliphatic carbocycles. The smallest absolute Gasteiger partial charge is 0.243 e. The Morgan fingerprint density at radius 2 is 1.70 bits per heavy atom. The van der Waals surface area contributed by atoms with Crippen molar-refractivity contribution in [2.24, 2.45) is 0 Å². The SMILES string of the molecule is COCCNC(=O)[C@@H](Cc1ccccc1)N(Cc1ccc(F)cc1)C(=O)CN(C)S(C)(=O)=O. The summed E-state index contributed by atoms with van der Waals surface area (Å²) in [5.74, 6) is -1.37. The Hall–Kier alpha value is -2.82. The highest BCUT2D eigenvalue weighted by Crippen LogP contribution is 2.16. The minimum atomic E-state index is -3.61. The third kappa shape index (κ3) is 8.56. The number of likely N-dealkylation sites (N-methyl/N-ethyl adjacent to an activating group) is 1. The molecule has 0 aromatic heterocycles. The first kappa shape index (κ1) is 26.4. The van der Waals surface area contributed by atoms with Crippen LogP contribution in [0.1, 0.15) is 11.1 Å². The summed E-state index contributed by atoms with van der Waals surface area (Å²) in [7, 11) is -0.800. The van der Waals surface area contributed by atoms with Crippen LogP contribution in [0.25, 0.3) is 0 Å². The second-order valence-corrected chi connectivity index (χ2v) is 9.75. The van der Waals surface area contributed by atoms with E-state index in [1.54, 1.807) is 0 Å². The van der Waals surface area contributed by atoms with Gasteiger partial charge in [-0.15, -0.1) is 0 Å². The van der Waals surface area contributed by atoms with Crippen molar-refractivity contribution in [2.75, 3.05) is 40.1 Å². The molecule has 1 N–H and O–H groups in total. The van der Waals surface area contributed by atoms with Crippen LogP contribution in [-0.2, 0) is 37.3 Å². The van der Waals surface area contributed by atoms with Gasteiger partial charge in [-0.3, -0.25) is 9.59 Å². The van der Waals surface area contributed by atoms with Gasteiger partial charge >= 0.3 is 0 Å². The van der Waals surface area contributed by atoms with Crippen molar-refractivity contribution in [1.29, 1.82) is 0 Å². The number of ether oxygens (including phenoxy) is 1. The molecule has 0 unspecified atom stereocenters. The summed E-state index contributed by atoms with van der Waals surface area (Å²) in [6, 6.07) is 13.9. The van der Waals surface area contributed by atoms with Gasteiger partial charge in [0.15, 0.2) is 0 Å². The molecule has 2 amide bonds. The summed E-state index contributed by atoms with van der Waals surface area (Å²) >= 11 is 0. The second kappa shape index (κ2) is 12.4. The first-order valence-electron chi connectivity index (χ1n) is 10.4. The first-order chi connectivity index (χ1) is 15.6. The molecular weight excluding hydrogens is 449 g/mol. The molecule has 0 aliphatic heterocycles. The van der Waals surface area contributed by atoms with Crippen molar-refractivity contribution in [3.63, 3.8) is 0 Å². The zero-order valence-electron chi connectivity index (χ0n) is 19.0. The molecule has 0 radical (unpaired) electrons. The van der Waals surface area contributed by atoms with E-state index in [2.05, 4.69) is 5.32 Å². The van der Waals surface area contributed by atoms with E-state index >= 15 is 0 Å². The number of amides is 2. The number of hydrogen-bond acceptors (Lipinski definition) is 5. The lowest BCUT2D eigenvalue weighted by Gasteiger charge is -2.32. The van der Waals surface area contributed by atoms with Gasteiger partial charge in [0.25, 0.3) is 0 Å². The first-order valence-corrected chi connectivity index (χ1v) is 12.2. The molecule has 0 fully saturated rings. The van der Waals surface area contributed by atoms with Crippen LogP contribution in [0.5, 0.6) is 0 Å². The fourth-order valence-electron chi connectivity index (χ4n) is 3.13. The van der Waals surface area contributed by atoms with Gasteiger partial charge in [-0.1, -0.05) is 42.5 Å². The maximum atomic E-state index is 13.4. The summed E-state index contributed by atoms with van der Waals surface area (Å²) in [5, 5.41) is 2.77. The third-order valence-corrected chi connectivity index (χ3v) is 6.33. The molecule has 0 saturated carbocycles. The Balaban J connectivity index is 2.40. The number of nitrogens with zero attached hydrogens (tertiary/aromatic N) is 2. The van der Waals surface area contributed by atoms with E-state index < -0.39 is 40.2 Å². The Bertz CT molecular complexity index is 1020. The summed E-state index contributed by atoms with van der Waals surface area (Å²) in [6.45, 7) is 0.123. The van der Waals surface area contributed by atoms with Gasteiger partial charge in [0.05, 0.1) is 19.4 Å². The van der Waals surface area contributed by atoms with Crippen LogP contribution in [0.3, 0.4) is 0 Å². The van der Waals surface area contributed by atoms with Crippen LogP contribution in [0.4, 0.5) is 4.39 Å². The number of sulfonamides is 1. The maximum Gasteiger partial charge on any atom is 0.243 e. The Morgan fingerprint density at radius 3 is 2.27 bits per heavy atom. The van der Waals surface area contributed by atoms with Gasteiger partial charge in [0.1, 0.15) is 11.9 Å². The largest absolute Gasteiger partial charge is 0.383 e. The van der Waals surface area contributed by atoms with Crippen LogP contribution in [0.15, 0.2) is 54.6 Å². The number of nitrogens with one attached hydrogen (secondary N) is 1. The molecular formula is C23H30FN3O5S. The second-order valence-electron chi connectivity index (χ2n) is 7.66. The Labute approximate surface area is 194 Å². The molecule has 0 aliphatic rings. The summed E-state index contributed by atoms with van der Waals surface area (Å²) in [5.41, 5.74) is 1.44. The average molecular weight is 480 g/mol. The van der Waals surface area contributed by atoms with E-state index in [1.807, 2.05) is 30.3 Å². The topological polar surface area (TPSA) is 96.0 Å². The summed E-state index contributed by atoms with van der Waals surface area (Å²) in [4.78, 5) is 27.8. The molecule has 180 valence electrons. The van der Waals surface area contributed by atoms with E-state index in [0.717, 1.165) is 16.1 Å². The number of rotatable bonds is 12. The van der Waals surface area contributed by atoms with Gasteiger partial charge < -0.3 is 15.0 Å². The van der Waals surface area contributed by atoms with Gasteiger partial charge in [-0.25, -0.2) is 12.8 Å². The van der Waals surface area contributed by atoms with Gasteiger partial charge in [-0.2, -0.15) is 4.31 Å². The maximum absolute atomic E-state index is 13.4. The lowest BCUT2D eigenvalue weighted by Crippen LogP contribution is -2.53.